The van der Waals surface area contributed by atoms with Crippen molar-refractivity contribution in [1.29, 1.82) is 0 Å². The summed E-state index contributed by atoms with van der Waals surface area (Å²) in [5, 5.41) is 9.15. The van der Waals surface area contributed by atoms with E-state index in [-0.39, 0.29) is 17.9 Å². The molecule has 2 saturated heterocycles. The molecule has 8 heteroatoms. The number of nitrogens with one attached hydrogen (secondary N) is 2. The van der Waals surface area contributed by atoms with Crippen LogP contribution in [0.5, 0.6) is 0 Å². The fourth-order valence-electron chi connectivity index (χ4n) is 4.05. The van der Waals surface area contributed by atoms with Crippen molar-refractivity contribution in [3.8, 4) is 0 Å². The monoisotopic (exact) mass is 336 g/mol. The van der Waals surface area contributed by atoms with Crippen molar-refractivity contribution in [3.05, 3.63) is 32.6 Å². The molecular weight excluding hydrogens is 312 g/mol. The number of nitrogens with zero attached hydrogens (tertiary/aromatic N) is 2. The first-order chi connectivity index (χ1) is 11.5. The van der Waals surface area contributed by atoms with Gasteiger partial charge in [-0.15, -0.1) is 0 Å². The van der Waals surface area contributed by atoms with Gasteiger partial charge in [0.1, 0.15) is 0 Å². The summed E-state index contributed by atoms with van der Waals surface area (Å²) in [5.41, 5.74) is -0.220. The number of likely N-dealkylation sites (tertiary alicyclic amines) is 2. The van der Waals surface area contributed by atoms with Gasteiger partial charge >= 0.3 is 5.69 Å². The first kappa shape index (κ1) is 16.9. The number of hydrogen-bond acceptors (Lipinski definition) is 5. The summed E-state index contributed by atoms with van der Waals surface area (Å²) < 4.78 is 0. The molecule has 2 aliphatic heterocycles. The minimum Gasteiger partial charge on any atom is -0.395 e. The summed E-state index contributed by atoms with van der Waals surface area (Å²) in [7, 11) is 0. The highest BCUT2D eigenvalue weighted by Gasteiger charge is 2.41. The van der Waals surface area contributed by atoms with Gasteiger partial charge < -0.3 is 15.0 Å². The van der Waals surface area contributed by atoms with Crippen LogP contribution in [0.25, 0.3) is 0 Å². The smallest absolute Gasteiger partial charge is 0.325 e. The standard InChI is InChI=1S/C16H24N4O4/c21-7-6-20-11-16(4-2-14(20)23)3-1-5-19(10-16)9-12-8-13(22)18-15(24)17-12/h8,21H,1-7,9-11H2,(H2,17,18,22,24)/t16-/m1/s1. The van der Waals surface area contributed by atoms with E-state index in [0.29, 0.717) is 31.7 Å². The summed E-state index contributed by atoms with van der Waals surface area (Å²) in [6.07, 6.45) is 3.46. The molecule has 1 amide bonds. The van der Waals surface area contributed by atoms with Crippen molar-refractivity contribution in [1.82, 2.24) is 19.8 Å². The van der Waals surface area contributed by atoms with Crippen molar-refractivity contribution in [2.24, 2.45) is 5.41 Å². The Morgan fingerprint density at radius 2 is 2.00 bits per heavy atom. The van der Waals surface area contributed by atoms with Gasteiger partial charge in [-0.3, -0.25) is 19.5 Å². The van der Waals surface area contributed by atoms with Crippen molar-refractivity contribution in [3.63, 3.8) is 0 Å². The van der Waals surface area contributed by atoms with E-state index in [2.05, 4.69) is 14.9 Å². The number of aliphatic hydroxyl groups is 1. The van der Waals surface area contributed by atoms with Crippen molar-refractivity contribution < 1.29 is 9.90 Å². The third kappa shape index (κ3) is 3.76. The quantitative estimate of drug-likeness (QED) is 0.671. The Labute approximate surface area is 139 Å². The predicted molar refractivity (Wildman–Crippen MR) is 87.5 cm³/mol. The summed E-state index contributed by atoms with van der Waals surface area (Å²) in [6, 6.07) is 1.42. The maximum Gasteiger partial charge on any atom is 0.325 e. The molecule has 0 radical (unpaired) electrons. The second-order valence-corrected chi connectivity index (χ2v) is 6.97. The maximum absolute atomic E-state index is 12.0. The van der Waals surface area contributed by atoms with Crippen LogP contribution in [0.1, 0.15) is 31.4 Å². The van der Waals surface area contributed by atoms with Gasteiger partial charge in [0.25, 0.3) is 5.56 Å². The van der Waals surface area contributed by atoms with Gasteiger partial charge in [0.05, 0.1) is 6.61 Å². The predicted octanol–water partition coefficient (Wildman–Crippen LogP) is -0.740. The number of amides is 1. The summed E-state index contributed by atoms with van der Waals surface area (Å²) in [5.74, 6) is 0.116. The molecule has 3 heterocycles. The number of aromatic nitrogens is 2. The molecule has 0 aliphatic carbocycles. The number of rotatable bonds is 4. The Balaban J connectivity index is 1.70. The number of aromatic amines is 2. The third-order valence-electron chi connectivity index (χ3n) is 5.07. The lowest BCUT2D eigenvalue weighted by Gasteiger charge is -2.48. The second kappa shape index (κ2) is 6.90. The van der Waals surface area contributed by atoms with E-state index in [1.165, 1.54) is 6.07 Å². The number of piperidine rings is 2. The molecular formula is C16H24N4O4. The lowest BCUT2D eigenvalue weighted by molar-refractivity contribution is -0.140. The second-order valence-electron chi connectivity index (χ2n) is 6.97. The molecule has 0 unspecified atom stereocenters. The zero-order valence-corrected chi connectivity index (χ0v) is 13.7. The SMILES string of the molecule is O=C1CC[C@@]2(CCCN(Cc3cc(=O)[nH]c(=O)[nH]3)C2)CN1CCO. The van der Waals surface area contributed by atoms with E-state index < -0.39 is 11.2 Å². The van der Waals surface area contributed by atoms with Gasteiger partial charge in [0, 0.05) is 49.8 Å². The Hall–Kier alpha value is -1.93. The van der Waals surface area contributed by atoms with Crippen LogP contribution < -0.4 is 11.2 Å². The van der Waals surface area contributed by atoms with Crippen LogP contribution in [-0.4, -0.2) is 63.6 Å². The summed E-state index contributed by atoms with van der Waals surface area (Å²) in [4.78, 5) is 43.7. The Morgan fingerprint density at radius 3 is 2.75 bits per heavy atom. The number of H-pyrrole nitrogens is 2. The van der Waals surface area contributed by atoms with Crippen LogP contribution in [0.2, 0.25) is 0 Å². The fraction of sp³-hybridized carbons (Fsp3) is 0.688. The molecule has 3 rings (SSSR count). The van der Waals surface area contributed by atoms with E-state index in [1.807, 2.05) is 0 Å². The van der Waals surface area contributed by atoms with Crippen LogP contribution >= 0.6 is 0 Å². The van der Waals surface area contributed by atoms with Gasteiger partial charge in [-0.05, 0) is 25.8 Å². The summed E-state index contributed by atoms with van der Waals surface area (Å²) >= 11 is 0. The lowest BCUT2D eigenvalue weighted by atomic mass is 9.73. The molecule has 1 aromatic heterocycles. The van der Waals surface area contributed by atoms with Crippen LogP contribution in [0.15, 0.2) is 15.7 Å². The zero-order valence-electron chi connectivity index (χ0n) is 13.7. The van der Waals surface area contributed by atoms with E-state index >= 15 is 0 Å². The van der Waals surface area contributed by atoms with E-state index in [0.717, 1.165) is 32.4 Å². The molecule has 1 spiro atoms. The van der Waals surface area contributed by atoms with E-state index in [4.69, 9.17) is 5.11 Å². The highest BCUT2D eigenvalue weighted by atomic mass is 16.3. The van der Waals surface area contributed by atoms with Crippen LogP contribution in [-0.2, 0) is 11.3 Å². The molecule has 0 saturated carbocycles. The average Bonchev–Trinajstić information content (AvgIpc) is 2.51. The van der Waals surface area contributed by atoms with Crippen LogP contribution in [0.4, 0.5) is 0 Å². The third-order valence-corrected chi connectivity index (χ3v) is 5.07. The number of carbonyl (C=O) groups excluding carboxylic acids is 1. The highest BCUT2D eigenvalue weighted by molar-refractivity contribution is 5.77. The molecule has 0 aromatic carbocycles. The summed E-state index contributed by atoms with van der Waals surface area (Å²) in [6.45, 7) is 3.31. The fourth-order valence-corrected chi connectivity index (χ4v) is 4.05. The molecule has 24 heavy (non-hydrogen) atoms. The lowest BCUT2D eigenvalue weighted by Crippen LogP contribution is -2.54. The van der Waals surface area contributed by atoms with Crippen molar-refractivity contribution in [2.75, 3.05) is 32.8 Å². The minimum atomic E-state index is -0.485. The van der Waals surface area contributed by atoms with Crippen molar-refractivity contribution in [2.45, 2.75) is 32.2 Å². The van der Waals surface area contributed by atoms with Gasteiger partial charge in [-0.2, -0.15) is 0 Å². The first-order valence-corrected chi connectivity index (χ1v) is 8.43. The Bertz CT molecular complexity index is 684. The molecule has 2 fully saturated rings. The molecule has 132 valence electrons. The van der Waals surface area contributed by atoms with Crippen molar-refractivity contribution >= 4 is 5.91 Å². The topological polar surface area (TPSA) is 110 Å². The van der Waals surface area contributed by atoms with E-state index in [9.17, 15) is 14.4 Å². The minimum absolute atomic E-state index is 0.0143. The number of carbonyl (C=O) groups is 1. The Morgan fingerprint density at radius 1 is 1.17 bits per heavy atom. The molecule has 1 aromatic rings. The normalized spacial score (nSPS) is 25.4. The molecule has 1 atom stereocenters. The van der Waals surface area contributed by atoms with Gasteiger partial charge in [0.2, 0.25) is 5.91 Å². The largest absolute Gasteiger partial charge is 0.395 e. The number of hydrogen-bond donors (Lipinski definition) is 3. The number of aliphatic hydroxyl groups excluding tert-OH is 1. The maximum atomic E-state index is 12.0. The van der Waals surface area contributed by atoms with Crippen LogP contribution in [0.3, 0.4) is 0 Å². The molecule has 0 bridgehead atoms. The molecule has 2 aliphatic rings. The first-order valence-electron chi connectivity index (χ1n) is 8.43. The van der Waals surface area contributed by atoms with Gasteiger partial charge in [-0.1, -0.05) is 0 Å². The van der Waals surface area contributed by atoms with Crippen LogP contribution in [0, 0.1) is 5.41 Å². The number of β-amino-alcohol motifs (C(OH)–C–C–N with tert-alkyl or cyclic N) is 1. The van der Waals surface area contributed by atoms with E-state index in [1.54, 1.807) is 4.90 Å². The van der Waals surface area contributed by atoms with Gasteiger partial charge in [0.15, 0.2) is 0 Å². The highest BCUT2D eigenvalue weighted by Crippen LogP contribution is 2.39. The average molecular weight is 336 g/mol. The molecule has 3 N–H and O–H groups in total. The van der Waals surface area contributed by atoms with Gasteiger partial charge in [-0.25, -0.2) is 4.79 Å². The zero-order chi connectivity index (χ0) is 17.2. The Kier molecular flexibility index (Phi) is 4.86. The molecule has 8 nitrogen and oxygen atoms in total.